The van der Waals surface area contributed by atoms with Crippen molar-refractivity contribution >= 4 is 22.0 Å². The van der Waals surface area contributed by atoms with Gasteiger partial charge in [0.2, 0.25) is 0 Å². The predicted octanol–water partition coefficient (Wildman–Crippen LogP) is 3.10. The lowest BCUT2D eigenvalue weighted by Gasteiger charge is -2.35. The SMILES string of the molecule is COc1cc(Br)c2c3c1O[C@H]1CC(O)C=CC31CCN(C(=O)NC(C)C)C2. The van der Waals surface area contributed by atoms with Gasteiger partial charge in [0.25, 0.3) is 0 Å². The first-order chi connectivity index (χ1) is 12.9. The largest absolute Gasteiger partial charge is 0.493 e. The van der Waals surface area contributed by atoms with Gasteiger partial charge in [0.05, 0.1) is 18.6 Å². The number of carbonyl (C=O) groups excluding carboxylic acids is 1. The van der Waals surface area contributed by atoms with Gasteiger partial charge >= 0.3 is 6.03 Å². The summed E-state index contributed by atoms with van der Waals surface area (Å²) in [6, 6.07) is 1.93. The van der Waals surface area contributed by atoms with Crippen molar-refractivity contribution in [2.75, 3.05) is 13.7 Å². The molecular weight excluding hydrogens is 412 g/mol. The van der Waals surface area contributed by atoms with E-state index in [-0.39, 0.29) is 23.6 Å². The van der Waals surface area contributed by atoms with Gasteiger partial charge in [-0.3, -0.25) is 0 Å². The second-order valence-electron chi connectivity index (χ2n) is 7.83. The van der Waals surface area contributed by atoms with E-state index in [2.05, 4.69) is 27.3 Å². The summed E-state index contributed by atoms with van der Waals surface area (Å²) in [6.07, 6.45) is 4.53. The van der Waals surface area contributed by atoms with Gasteiger partial charge in [-0.1, -0.05) is 28.1 Å². The highest BCUT2D eigenvalue weighted by Crippen LogP contribution is 2.57. The fourth-order valence-electron chi connectivity index (χ4n) is 4.47. The van der Waals surface area contributed by atoms with E-state index in [1.165, 1.54) is 0 Å². The molecule has 2 N–H and O–H groups in total. The van der Waals surface area contributed by atoms with Crippen LogP contribution >= 0.6 is 15.9 Å². The Bertz CT molecular complexity index is 810. The quantitative estimate of drug-likeness (QED) is 0.698. The molecule has 4 rings (SSSR count). The van der Waals surface area contributed by atoms with Crippen LogP contribution in [0.15, 0.2) is 22.7 Å². The number of hydrogen-bond acceptors (Lipinski definition) is 4. The minimum atomic E-state index is -0.517. The number of urea groups is 1. The Morgan fingerprint density at radius 3 is 3.00 bits per heavy atom. The maximum atomic E-state index is 12.7. The molecule has 7 heteroatoms. The Hall–Kier alpha value is -1.73. The van der Waals surface area contributed by atoms with Crippen molar-refractivity contribution in [1.29, 1.82) is 0 Å². The molecule has 0 aromatic heterocycles. The van der Waals surface area contributed by atoms with E-state index in [1.54, 1.807) is 7.11 Å². The van der Waals surface area contributed by atoms with E-state index in [0.29, 0.717) is 25.3 Å². The van der Waals surface area contributed by atoms with E-state index in [4.69, 9.17) is 9.47 Å². The molecule has 1 aromatic carbocycles. The Kier molecular flexibility index (Phi) is 4.63. The molecule has 0 radical (unpaired) electrons. The molecule has 2 unspecified atom stereocenters. The monoisotopic (exact) mass is 436 g/mol. The predicted molar refractivity (Wildman–Crippen MR) is 105 cm³/mol. The number of ether oxygens (including phenoxy) is 2. The maximum Gasteiger partial charge on any atom is 0.317 e. The Labute approximate surface area is 167 Å². The summed E-state index contributed by atoms with van der Waals surface area (Å²) in [4.78, 5) is 14.6. The lowest BCUT2D eigenvalue weighted by molar-refractivity contribution is 0.0820. The first-order valence-corrected chi connectivity index (χ1v) is 10.1. The van der Waals surface area contributed by atoms with Crippen LogP contribution in [0.2, 0.25) is 0 Å². The van der Waals surface area contributed by atoms with Crippen LogP contribution in [-0.2, 0) is 12.0 Å². The van der Waals surface area contributed by atoms with Crippen LogP contribution in [0.3, 0.4) is 0 Å². The molecule has 6 nitrogen and oxygen atoms in total. The van der Waals surface area contributed by atoms with Gasteiger partial charge in [-0.25, -0.2) is 4.79 Å². The number of carbonyl (C=O) groups is 1. The van der Waals surface area contributed by atoms with E-state index in [0.717, 1.165) is 27.8 Å². The molecular formula is C20H25BrN2O4. The molecule has 0 bridgehead atoms. The number of nitrogens with one attached hydrogen (secondary N) is 1. The fraction of sp³-hybridized carbons (Fsp3) is 0.550. The molecule has 2 heterocycles. The van der Waals surface area contributed by atoms with Gasteiger partial charge in [-0.2, -0.15) is 0 Å². The van der Waals surface area contributed by atoms with E-state index >= 15 is 0 Å². The van der Waals surface area contributed by atoms with E-state index in [1.807, 2.05) is 30.9 Å². The topological polar surface area (TPSA) is 71.0 Å². The standard InChI is InChI=1S/C20H25BrN2O4/c1-11(2)22-19(25)23-7-6-20-5-4-12(24)8-16(20)27-18-15(26-3)9-14(21)13(10-23)17(18)20/h4-5,9,11-12,16,24H,6-8,10H2,1-3H3,(H,22,25)/t12?,16-,20?/m0/s1. The number of aliphatic hydroxyl groups excluding tert-OH is 1. The number of rotatable bonds is 2. The average Bonchev–Trinajstić information content (AvgIpc) is 2.82. The summed E-state index contributed by atoms with van der Waals surface area (Å²) in [5, 5.41) is 13.1. The Morgan fingerprint density at radius 1 is 1.52 bits per heavy atom. The third kappa shape index (κ3) is 2.91. The molecule has 0 saturated heterocycles. The van der Waals surface area contributed by atoms with Crippen LogP contribution in [-0.4, -0.2) is 47.9 Å². The summed E-state index contributed by atoms with van der Waals surface area (Å²) in [5.41, 5.74) is 1.78. The normalized spacial score (nSPS) is 28.3. The number of amides is 2. The summed E-state index contributed by atoms with van der Waals surface area (Å²) in [7, 11) is 1.63. The molecule has 1 aliphatic carbocycles. The molecule has 27 heavy (non-hydrogen) atoms. The summed E-state index contributed by atoms with van der Waals surface area (Å²) < 4.78 is 12.8. The third-order valence-corrected chi connectivity index (χ3v) is 6.44. The van der Waals surface area contributed by atoms with Gasteiger partial charge in [-0.05, 0) is 31.9 Å². The van der Waals surface area contributed by atoms with Crippen LogP contribution in [0.25, 0.3) is 0 Å². The number of nitrogens with zero attached hydrogens (tertiary/aromatic N) is 1. The zero-order chi connectivity index (χ0) is 19.3. The van der Waals surface area contributed by atoms with Crippen molar-refractivity contribution in [2.24, 2.45) is 0 Å². The van der Waals surface area contributed by atoms with Crippen LogP contribution in [0, 0.1) is 0 Å². The summed E-state index contributed by atoms with van der Waals surface area (Å²) in [6.45, 7) is 5.03. The second kappa shape index (κ2) is 6.71. The maximum absolute atomic E-state index is 12.7. The fourth-order valence-corrected chi connectivity index (χ4v) is 5.00. The molecule has 0 saturated carbocycles. The third-order valence-electron chi connectivity index (χ3n) is 5.73. The van der Waals surface area contributed by atoms with E-state index in [9.17, 15) is 9.90 Å². The number of halogens is 1. The second-order valence-corrected chi connectivity index (χ2v) is 8.68. The Morgan fingerprint density at radius 2 is 2.30 bits per heavy atom. The Balaban J connectivity index is 1.84. The zero-order valence-electron chi connectivity index (χ0n) is 15.8. The highest BCUT2D eigenvalue weighted by molar-refractivity contribution is 9.10. The summed E-state index contributed by atoms with van der Waals surface area (Å²) in [5.74, 6) is 1.42. The molecule has 1 aromatic rings. The van der Waals surface area contributed by atoms with Crippen LogP contribution < -0.4 is 14.8 Å². The number of methoxy groups -OCH3 is 1. The minimum absolute atomic E-state index is 0.0601. The van der Waals surface area contributed by atoms with Crippen molar-refractivity contribution in [3.63, 3.8) is 0 Å². The highest BCUT2D eigenvalue weighted by Gasteiger charge is 2.53. The van der Waals surface area contributed by atoms with Crippen LogP contribution in [0.1, 0.15) is 37.8 Å². The molecule has 3 aliphatic rings. The van der Waals surface area contributed by atoms with Crippen molar-refractivity contribution in [3.8, 4) is 11.5 Å². The first-order valence-electron chi connectivity index (χ1n) is 9.35. The molecule has 146 valence electrons. The number of aliphatic hydroxyl groups is 1. The van der Waals surface area contributed by atoms with Crippen LogP contribution in [0.4, 0.5) is 4.79 Å². The summed E-state index contributed by atoms with van der Waals surface area (Å²) >= 11 is 3.68. The number of benzene rings is 1. The highest BCUT2D eigenvalue weighted by atomic mass is 79.9. The molecule has 2 amide bonds. The van der Waals surface area contributed by atoms with Crippen molar-refractivity contribution in [3.05, 3.63) is 33.8 Å². The van der Waals surface area contributed by atoms with Crippen molar-refractivity contribution in [1.82, 2.24) is 10.2 Å². The van der Waals surface area contributed by atoms with Gasteiger partial charge in [0.15, 0.2) is 11.5 Å². The van der Waals surface area contributed by atoms with Gasteiger partial charge in [-0.15, -0.1) is 0 Å². The minimum Gasteiger partial charge on any atom is -0.493 e. The van der Waals surface area contributed by atoms with Crippen LogP contribution in [0.5, 0.6) is 11.5 Å². The molecule has 1 spiro atoms. The van der Waals surface area contributed by atoms with Crippen molar-refractivity contribution < 1.29 is 19.4 Å². The average molecular weight is 437 g/mol. The number of hydrogen-bond donors (Lipinski definition) is 2. The molecule has 3 atom stereocenters. The smallest absolute Gasteiger partial charge is 0.317 e. The first kappa shape index (κ1) is 18.6. The van der Waals surface area contributed by atoms with E-state index < -0.39 is 6.10 Å². The molecule has 2 aliphatic heterocycles. The zero-order valence-corrected chi connectivity index (χ0v) is 17.4. The van der Waals surface area contributed by atoms with Gasteiger partial charge in [0, 0.05) is 35.6 Å². The molecule has 0 fully saturated rings. The lowest BCUT2D eigenvalue weighted by Crippen LogP contribution is -2.45. The van der Waals surface area contributed by atoms with Crippen molar-refractivity contribution in [2.45, 2.75) is 56.9 Å². The van der Waals surface area contributed by atoms with Gasteiger partial charge < -0.3 is 24.8 Å². The lowest BCUT2D eigenvalue weighted by atomic mass is 9.69. The van der Waals surface area contributed by atoms with Gasteiger partial charge in [0.1, 0.15) is 6.10 Å².